The number of hydrogen-bond donors (Lipinski definition) is 2. The minimum Gasteiger partial charge on any atom is -0.393 e. The molecular weight excluding hydrogens is 460 g/mol. The van der Waals surface area contributed by atoms with Gasteiger partial charge in [0.2, 0.25) is 5.95 Å². The van der Waals surface area contributed by atoms with Crippen LogP contribution in [-0.4, -0.2) is 74.8 Å². The van der Waals surface area contributed by atoms with Crippen molar-refractivity contribution in [1.29, 1.82) is 0 Å². The summed E-state index contributed by atoms with van der Waals surface area (Å²) in [6.07, 6.45) is 8.87. The second-order valence-corrected chi connectivity index (χ2v) is 11.4. The monoisotopic (exact) mass is 504 g/mol. The van der Waals surface area contributed by atoms with E-state index in [1.54, 1.807) is 0 Å². The molecule has 3 aromatic rings. The predicted molar refractivity (Wildman–Crippen MR) is 152 cm³/mol. The van der Waals surface area contributed by atoms with Crippen molar-refractivity contribution in [1.82, 2.24) is 24.3 Å². The summed E-state index contributed by atoms with van der Waals surface area (Å²) < 4.78 is 2.36. The average Bonchev–Trinajstić information content (AvgIpc) is 3.29. The molecule has 3 heterocycles. The number of aromatic nitrogens is 3. The van der Waals surface area contributed by atoms with E-state index in [1.165, 1.54) is 16.7 Å². The van der Waals surface area contributed by atoms with E-state index >= 15 is 0 Å². The first-order valence-electron chi connectivity index (χ1n) is 14.2. The third-order valence-electron chi connectivity index (χ3n) is 8.75. The number of fused-ring (bicyclic) bond motifs is 1. The van der Waals surface area contributed by atoms with Crippen LogP contribution in [-0.2, 0) is 6.54 Å². The maximum absolute atomic E-state index is 10.1. The molecule has 5 rings (SSSR count). The van der Waals surface area contributed by atoms with Crippen LogP contribution >= 0.6 is 0 Å². The largest absolute Gasteiger partial charge is 0.393 e. The summed E-state index contributed by atoms with van der Waals surface area (Å²) in [5.41, 5.74) is 4.75. The van der Waals surface area contributed by atoms with Crippen molar-refractivity contribution in [3.8, 4) is 11.1 Å². The van der Waals surface area contributed by atoms with E-state index in [9.17, 15) is 5.11 Å². The zero-order valence-electron chi connectivity index (χ0n) is 23.0. The Morgan fingerprint density at radius 2 is 1.73 bits per heavy atom. The van der Waals surface area contributed by atoms with Crippen molar-refractivity contribution in [2.24, 2.45) is 5.92 Å². The van der Waals surface area contributed by atoms with Crippen molar-refractivity contribution < 1.29 is 5.11 Å². The Balaban J connectivity index is 1.43. The standard InChI is InChI=1S/C30H44N6O/c1-5-21(2)22(3)32-30-31-18-27-28(20-36(29(27)33-30)25-10-12-26(37)13-11-25)24-8-6-23(7-9-24)19-35-16-14-34(4)15-17-35/h6-9,18,20-22,25-26,37H,5,10-17,19H2,1-4H3,(H,31,32,33). The molecule has 7 nitrogen and oxygen atoms in total. The molecule has 2 aromatic heterocycles. The highest BCUT2D eigenvalue weighted by Crippen LogP contribution is 2.37. The molecule has 0 bridgehead atoms. The van der Waals surface area contributed by atoms with Gasteiger partial charge in [0.05, 0.1) is 6.10 Å². The van der Waals surface area contributed by atoms with E-state index < -0.39 is 0 Å². The van der Waals surface area contributed by atoms with Gasteiger partial charge in [0.1, 0.15) is 5.65 Å². The quantitative estimate of drug-likeness (QED) is 0.441. The van der Waals surface area contributed by atoms with Crippen molar-refractivity contribution in [2.75, 3.05) is 38.5 Å². The SMILES string of the molecule is CCC(C)C(C)Nc1ncc2c(-c3ccc(CN4CCN(C)CC4)cc3)cn(C3CCC(O)CC3)c2n1. The minimum absolute atomic E-state index is 0.173. The number of nitrogens with one attached hydrogen (secondary N) is 1. The lowest BCUT2D eigenvalue weighted by molar-refractivity contribution is 0.111. The molecular formula is C30H44N6O. The molecule has 2 fully saturated rings. The van der Waals surface area contributed by atoms with Crippen LogP contribution in [0.15, 0.2) is 36.7 Å². The highest BCUT2D eigenvalue weighted by Gasteiger charge is 2.25. The molecule has 2 unspecified atom stereocenters. The summed E-state index contributed by atoms with van der Waals surface area (Å²) >= 11 is 0. The van der Waals surface area contributed by atoms with E-state index in [1.807, 2.05) is 6.20 Å². The maximum Gasteiger partial charge on any atom is 0.224 e. The molecule has 2 atom stereocenters. The van der Waals surface area contributed by atoms with Gasteiger partial charge in [-0.05, 0) is 56.7 Å². The molecule has 1 aliphatic heterocycles. The predicted octanol–water partition coefficient (Wildman–Crippen LogP) is 5.17. The molecule has 1 saturated carbocycles. The first-order valence-corrected chi connectivity index (χ1v) is 14.2. The van der Waals surface area contributed by atoms with Gasteiger partial charge in [-0.1, -0.05) is 44.5 Å². The Morgan fingerprint density at radius 3 is 2.41 bits per heavy atom. The number of likely N-dealkylation sites (N-methyl/N-ethyl adjacent to an activating group) is 1. The van der Waals surface area contributed by atoms with E-state index in [0.29, 0.717) is 23.9 Å². The summed E-state index contributed by atoms with van der Waals surface area (Å²) in [5.74, 6) is 1.25. The van der Waals surface area contributed by atoms with Crippen LogP contribution in [0.5, 0.6) is 0 Å². The molecule has 0 spiro atoms. The first kappa shape index (κ1) is 26.1. The highest BCUT2D eigenvalue weighted by molar-refractivity contribution is 5.94. The maximum atomic E-state index is 10.1. The van der Waals surface area contributed by atoms with E-state index in [-0.39, 0.29) is 6.10 Å². The van der Waals surface area contributed by atoms with Crippen molar-refractivity contribution >= 4 is 17.0 Å². The lowest BCUT2D eigenvalue weighted by Gasteiger charge is -2.32. The number of piperazine rings is 1. The van der Waals surface area contributed by atoms with Gasteiger partial charge in [-0.3, -0.25) is 4.90 Å². The number of anilines is 1. The topological polar surface area (TPSA) is 69.5 Å². The summed E-state index contributed by atoms with van der Waals surface area (Å²) in [4.78, 5) is 14.7. The molecule has 0 amide bonds. The molecule has 1 saturated heterocycles. The zero-order valence-corrected chi connectivity index (χ0v) is 23.0. The summed E-state index contributed by atoms with van der Waals surface area (Å²) in [5, 5.41) is 14.7. The summed E-state index contributed by atoms with van der Waals surface area (Å²) in [7, 11) is 2.20. The van der Waals surface area contributed by atoms with Crippen LogP contribution in [0, 0.1) is 5.92 Å². The van der Waals surface area contributed by atoms with Crippen LogP contribution in [0.3, 0.4) is 0 Å². The second kappa shape index (κ2) is 11.5. The highest BCUT2D eigenvalue weighted by atomic mass is 16.3. The molecule has 7 heteroatoms. The molecule has 37 heavy (non-hydrogen) atoms. The molecule has 2 N–H and O–H groups in total. The van der Waals surface area contributed by atoms with Gasteiger partial charge < -0.3 is 19.9 Å². The summed E-state index contributed by atoms with van der Waals surface area (Å²) in [6.45, 7) is 12.2. The van der Waals surface area contributed by atoms with Gasteiger partial charge in [0, 0.05) is 68.2 Å². The molecule has 200 valence electrons. The molecule has 2 aliphatic rings. The number of aliphatic hydroxyl groups excluding tert-OH is 1. The third-order valence-corrected chi connectivity index (χ3v) is 8.75. The van der Waals surface area contributed by atoms with Gasteiger partial charge in [0.15, 0.2) is 0 Å². The zero-order chi connectivity index (χ0) is 25.9. The Morgan fingerprint density at radius 1 is 1.03 bits per heavy atom. The first-order chi connectivity index (χ1) is 17.9. The fraction of sp³-hybridized carbons (Fsp3) is 0.600. The fourth-order valence-corrected chi connectivity index (χ4v) is 5.70. The van der Waals surface area contributed by atoms with Crippen molar-refractivity contribution in [2.45, 2.75) is 77.6 Å². The third kappa shape index (κ3) is 6.00. The molecule has 1 aromatic carbocycles. The van der Waals surface area contributed by atoms with E-state index in [0.717, 1.165) is 75.9 Å². The second-order valence-electron chi connectivity index (χ2n) is 11.4. The minimum atomic E-state index is -0.173. The Kier molecular flexibility index (Phi) is 8.12. The van der Waals surface area contributed by atoms with Gasteiger partial charge >= 0.3 is 0 Å². The number of hydrogen-bond acceptors (Lipinski definition) is 6. The van der Waals surface area contributed by atoms with Gasteiger partial charge in [-0.15, -0.1) is 0 Å². The molecule has 0 radical (unpaired) electrons. The Labute approximate surface area is 221 Å². The fourth-order valence-electron chi connectivity index (χ4n) is 5.70. The van der Waals surface area contributed by atoms with E-state index in [2.05, 4.69) is 78.0 Å². The Hall–Kier alpha value is -2.48. The van der Waals surface area contributed by atoms with E-state index in [4.69, 9.17) is 9.97 Å². The lowest BCUT2D eigenvalue weighted by atomic mass is 9.93. The smallest absolute Gasteiger partial charge is 0.224 e. The van der Waals surface area contributed by atoms with Crippen LogP contribution in [0.1, 0.15) is 64.5 Å². The number of aliphatic hydroxyl groups is 1. The Bertz CT molecular complexity index is 1160. The summed E-state index contributed by atoms with van der Waals surface area (Å²) in [6, 6.07) is 9.73. The normalized spacial score (nSPS) is 23.3. The van der Waals surface area contributed by atoms with Gasteiger partial charge in [0.25, 0.3) is 0 Å². The number of rotatable bonds is 8. The lowest BCUT2D eigenvalue weighted by Crippen LogP contribution is -2.43. The van der Waals surface area contributed by atoms with Gasteiger partial charge in [-0.25, -0.2) is 4.98 Å². The number of benzene rings is 1. The number of nitrogens with zero attached hydrogens (tertiary/aromatic N) is 5. The van der Waals surface area contributed by atoms with Crippen LogP contribution in [0.4, 0.5) is 5.95 Å². The molecule has 1 aliphatic carbocycles. The van der Waals surface area contributed by atoms with Gasteiger partial charge in [-0.2, -0.15) is 4.98 Å². The van der Waals surface area contributed by atoms with Crippen molar-refractivity contribution in [3.05, 3.63) is 42.2 Å². The van der Waals surface area contributed by atoms with Crippen LogP contribution in [0.25, 0.3) is 22.2 Å². The van der Waals surface area contributed by atoms with Crippen LogP contribution in [0.2, 0.25) is 0 Å². The average molecular weight is 505 g/mol. The van der Waals surface area contributed by atoms with Crippen molar-refractivity contribution in [3.63, 3.8) is 0 Å². The van der Waals surface area contributed by atoms with Crippen LogP contribution < -0.4 is 5.32 Å².